The van der Waals surface area contributed by atoms with Gasteiger partial charge in [-0.3, -0.25) is 14.5 Å². The summed E-state index contributed by atoms with van der Waals surface area (Å²) < 4.78 is 55.8. The smallest absolute Gasteiger partial charge is 0.416 e. The van der Waals surface area contributed by atoms with Crippen LogP contribution in [0.3, 0.4) is 0 Å². The molecule has 2 fully saturated rings. The van der Waals surface area contributed by atoms with E-state index >= 15 is 0 Å². The summed E-state index contributed by atoms with van der Waals surface area (Å²) in [6, 6.07) is 19.2. The van der Waals surface area contributed by atoms with E-state index in [9.17, 15) is 22.8 Å². The Morgan fingerprint density at radius 3 is 2.38 bits per heavy atom. The van der Waals surface area contributed by atoms with Gasteiger partial charge in [-0.15, -0.1) is 0 Å². The Hall–Kier alpha value is -5.30. The zero-order chi connectivity index (χ0) is 36.2. The van der Waals surface area contributed by atoms with Crippen molar-refractivity contribution < 1.29 is 37.0 Å². The van der Waals surface area contributed by atoms with Crippen molar-refractivity contribution >= 4 is 23.2 Å². The van der Waals surface area contributed by atoms with E-state index in [4.69, 9.17) is 14.2 Å². The van der Waals surface area contributed by atoms with Gasteiger partial charge in [0, 0.05) is 69.7 Å². The second-order valence-corrected chi connectivity index (χ2v) is 13.4. The Morgan fingerprint density at radius 1 is 0.904 bits per heavy atom. The van der Waals surface area contributed by atoms with Crippen molar-refractivity contribution in [2.24, 2.45) is 5.92 Å². The van der Waals surface area contributed by atoms with Gasteiger partial charge in [0.2, 0.25) is 18.6 Å². The zero-order valence-corrected chi connectivity index (χ0v) is 28.8. The van der Waals surface area contributed by atoms with Crippen LogP contribution < -0.4 is 24.4 Å². The molecule has 3 aliphatic heterocycles. The number of ether oxygens (including phenoxy) is 3. The van der Waals surface area contributed by atoms with Crippen molar-refractivity contribution in [3.63, 3.8) is 0 Å². The van der Waals surface area contributed by atoms with E-state index in [0.717, 1.165) is 106 Å². The minimum atomic E-state index is -4.49. The maximum Gasteiger partial charge on any atom is 0.416 e. The molecule has 4 aromatic rings. The van der Waals surface area contributed by atoms with Crippen LogP contribution in [0.5, 0.6) is 23.1 Å². The number of piperidine rings is 1. The van der Waals surface area contributed by atoms with Gasteiger partial charge < -0.3 is 29.3 Å². The predicted octanol–water partition coefficient (Wildman–Crippen LogP) is 7.13. The molecule has 2 amide bonds. The second kappa shape index (κ2) is 15.1. The number of rotatable bonds is 9. The first kappa shape index (κ1) is 35.1. The molecule has 10 nitrogen and oxygen atoms in total. The molecule has 3 aliphatic rings. The van der Waals surface area contributed by atoms with Crippen LogP contribution in [0.25, 0.3) is 0 Å². The summed E-state index contributed by atoms with van der Waals surface area (Å²) in [5.74, 6) is 2.30. The largest absolute Gasteiger partial charge is 0.454 e. The minimum Gasteiger partial charge on any atom is -0.454 e. The summed E-state index contributed by atoms with van der Waals surface area (Å²) in [5, 5.41) is 2.69. The first-order chi connectivity index (χ1) is 25.1. The molecule has 52 heavy (non-hydrogen) atoms. The van der Waals surface area contributed by atoms with E-state index in [0.29, 0.717) is 18.1 Å². The number of anilines is 2. The molecule has 0 saturated carbocycles. The summed E-state index contributed by atoms with van der Waals surface area (Å²) in [6.45, 7) is 7.88. The first-order valence-electron chi connectivity index (χ1n) is 17.4. The zero-order valence-electron chi connectivity index (χ0n) is 28.8. The summed E-state index contributed by atoms with van der Waals surface area (Å²) in [7, 11) is 0. The van der Waals surface area contributed by atoms with Crippen LogP contribution in [0.1, 0.15) is 46.3 Å². The Morgan fingerprint density at radius 2 is 1.65 bits per heavy atom. The van der Waals surface area contributed by atoms with Crippen LogP contribution in [0.15, 0.2) is 79.0 Å². The van der Waals surface area contributed by atoms with Crippen molar-refractivity contribution in [2.75, 3.05) is 56.3 Å². The number of alkyl halides is 3. The second-order valence-electron chi connectivity index (χ2n) is 13.4. The van der Waals surface area contributed by atoms with E-state index in [2.05, 4.69) is 26.2 Å². The number of nitrogens with zero attached hydrogens (tertiary/aromatic N) is 4. The van der Waals surface area contributed by atoms with E-state index in [1.807, 2.05) is 42.2 Å². The number of fused-ring (bicyclic) bond motifs is 1. The average molecular weight is 716 g/mol. The number of hydrogen-bond donors (Lipinski definition) is 1. The standard InChI is InChI=1S/C39H40F3N5O5/c1-26-21-31(9-11-33(26)52-38-32(3-2-14-43-38)44-37(49)29-5-7-30(8-6-29)39(40,41)42)46-15-12-27(13-16-46)23-36(48)47-19-17-45(18-20-47)24-28-4-10-34-35(22-28)51-25-50-34/h2-11,14,21-22,27H,12-13,15-20,23-25H2,1H3,(H,44,49). The predicted molar refractivity (Wildman–Crippen MR) is 189 cm³/mol. The molecular formula is C39H40F3N5O5. The molecule has 1 aromatic heterocycles. The number of halogens is 3. The lowest BCUT2D eigenvalue weighted by Crippen LogP contribution is -2.48. The third-order valence-electron chi connectivity index (χ3n) is 9.87. The number of carbonyl (C=O) groups excluding carboxylic acids is 2. The SMILES string of the molecule is Cc1cc(N2CCC(CC(=O)N3CCN(Cc4ccc5c(c4)OCO5)CC3)CC2)ccc1Oc1ncccc1NC(=O)c1ccc(C(F)(F)F)cc1. The van der Waals surface area contributed by atoms with E-state index in [1.54, 1.807) is 12.1 Å². The maximum absolute atomic E-state index is 13.2. The highest BCUT2D eigenvalue weighted by atomic mass is 19.4. The van der Waals surface area contributed by atoms with Gasteiger partial charge in [0.15, 0.2) is 11.5 Å². The molecule has 0 spiro atoms. The van der Waals surface area contributed by atoms with Gasteiger partial charge >= 0.3 is 6.18 Å². The lowest BCUT2D eigenvalue weighted by atomic mass is 9.92. The number of hydrogen-bond acceptors (Lipinski definition) is 8. The van der Waals surface area contributed by atoms with Crippen LogP contribution in [0.4, 0.5) is 24.5 Å². The van der Waals surface area contributed by atoms with Crippen LogP contribution in [0.2, 0.25) is 0 Å². The number of aryl methyl sites for hydroxylation is 1. The van der Waals surface area contributed by atoms with Crippen LogP contribution in [0, 0.1) is 12.8 Å². The number of pyridine rings is 1. The van der Waals surface area contributed by atoms with Gasteiger partial charge in [-0.2, -0.15) is 13.2 Å². The molecule has 0 radical (unpaired) electrons. The molecule has 272 valence electrons. The Bertz CT molecular complexity index is 1910. The van der Waals surface area contributed by atoms with Crippen molar-refractivity contribution in [3.8, 4) is 23.1 Å². The number of nitrogens with one attached hydrogen (secondary N) is 1. The normalized spacial score (nSPS) is 16.5. The molecule has 0 atom stereocenters. The van der Waals surface area contributed by atoms with E-state index in [-0.39, 0.29) is 29.8 Å². The van der Waals surface area contributed by atoms with Crippen LogP contribution in [-0.2, 0) is 17.5 Å². The quantitative estimate of drug-likeness (QED) is 0.196. The number of carbonyl (C=O) groups is 2. The van der Waals surface area contributed by atoms with Gasteiger partial charge in [-0.1, -0.05) is 6.07 Å². The highest BCUT2D eigenvalue weighted by Gasteiger charge is 2.30. The topological polar surface area (TPSA) is 96.5 Å². The first-order valence-corrected chi connectivity index (χ1v) is 17.4. The molecule has 0 aliphatic carbocycles. The van der Waals surface area contributed by atoms with Gasteiger partial charge in [0.1, 0.15) is 11.4 Å². The van der Waals surface area contributed by atoms with Gasteiger partial charge in [0.05, 0.1) is 5.56 Å². The molecule has 4 heterocycles. The Balaban J connectivity index is 0.875. The van der Waals surface area contributed by atoms with Crippen molar-refractivity contribution in [1.82, 2.24) is 14.8 Å². The number of amides is 2. The number of benzene rings is 3. The molecule has 3 aromatic carbocycles. The van der Waals surface area contributed by atoms with Gasteiger partial charge in [-0.25, -0.2) is 4.98 Å². The summed E-state index contributed by atoms with van der Waals surface area (Å²) in [4.78, 5) is 37.0. The minimum absolute atomic E-state index is 0.0733. The van der Waals surface area contributed by atoms with E-state index < -0.39 is 17.6 Å². The third kappa shape index (κ3) is 8.25. The van der Waals surface area contributed by atoms with E-state index in [1.165, 1.54) is 11.8 Å². The molecule has 13 heteroatoms. The highest BCUT2D eigenvalue weighted by molar-refractivity contribution is 6.04. The third-order valence-corrected chi connectivity index (χ3v) is 9.87. The van der Waals surface area contributed by atoms with Crippen molar-refractivity contribution in [1.29, 1.82) is 0 Å². The van der Waals surface area contributed by atoms with Gasteiger partial charge in [0.25, 0.3) is 5.91 Å². The lowest BCUT2D eigenvalue weighted by molar-refractivity contribution is -0.137. The van der Waals surface area contributed by atoms with Crippen LogP contribution in [-0.4, -0.2) is 72.7 Å². The Labute approximate surface area is 300 Å². The summed E-state index contributed by atoms with van der Waals surface area (Å²) >= 11 is 0. The van der Waals surface area contributed by atoms with Crippen LogP contribution >= 0.6 is 0 Å². The molecular weight excluding hydrogens is 675 g/mol. The Kier molecular flexibility index (Phi) is 10.2. The molecule has 0 unspecified atom stereocenters. The molecule has 1 N–H and O–H groups in total. The number of piperazine rings is 1. The van der Waals surface area contributed by atoms with Gasteiger partial charge in [-0.05, 0) is 104 Å². The fraction of sp³-hybridized carbons (Fsp3) is 0.359. The highest BCUT2D eigenvalue weighted by Crippen LogP contribution is 2.35. The maximum atomic E-state index is 13.2. The molecule has 2 saturated heterocycles. The fourth-order valence-corrected chi connectivity index (χ4v) is 6.85. The summed E-state index contributed by atoms with van der Waals surface area (Å²) in [5.41, 5.74) is 2.64. The molecule has 7 rings (SSSR count). The van der Waals surface area contributed by atoms with Crippen molar-refractivity contribution in [2.45, 2.75) is 38.9 Å². The monoisotopic (exact) mass is 715 g/mol. The molecule has 0 bridgehead atoms. The average Bonchev–Trinajstić information content (AvgIpc) is 3.62. The number of aromatic nitrogens is 1. The van der Waals surface area contributed by atoms with Crippen molar-refractivity contribution in [3.05, 3.63) is 101 Å². The lowest BCUT2D eigenvalue weighted by Gasteiger charge is -2.37. The summed E-state index contributed by atoms with van der Waals surface area (Å²) in [6.07, 6.45) is -0.515. The fourth-order valence-electron chi connectivity index (χ4n) is 6.85.